The topological polar surface area (TPSA) is 35.6 Å². The van der Waals surface area contributed by atoms with Crippen LogP contribution in [0, 0.1) is 11.6 Å². The van der Waals surface area contributed by atoms with Gasteiger partial charge in [0.1, 0.15) is 11.6 Å². The van der Waals surface area contributed by atoms with Gasteiger partial charge in [-0.2, -0.15) is 0 Å². The SMILES string of the molecule is CCCN1CCC(N(C)C(=O)Nc2ccc(F)cc2F)CC1. The predicted molar refractivity (Wildman–Crippen MR) is 82.9 cm³/mol. The molecule has 1 saturated heterocycles. The lowest BCUT2D eigenvalue weighted by Gasteiger charge is -2.36. The largest absolute Gasteiger partial charge is 0.325 e. The number of rotatable bonds is 4. The molecule has 0 radical (unpaired) electrons. The molecule has 2 rings (SSSR count). The fourth-order valence-electron chi connectivity index (χ4n) is 2.81. The number of hydrogen-bond acceptors (Lipinski definition) is 2. The summed E-state index contributed by atoms with van der Waals surface area (Å²) in [5.74, 6) is -1.42. The average Bonchev–Trinajstić information content (AvgIpc) is 2.50. The van der Waals surface area contributed by atoms with Gasteiger partial charge >= 0.3 is 6.03 Å². The Bertz CT molecular complexity index is 516. The standard InChI is InChI=1S/C16H23F2N3O/c1-3-8-21-9-6-13(7-10-21)20(2)16(22)19-15-5-4-12(17)11-14(15)18/h4-5,11,13H,3,6-10H2,1-2H3,(H,19,22). The molecule has 1 aliphatic heterocycles. The third-order valence-electron chi connectivity index (χ3n) is 4.14. The van der Waals surface area contributed by atoms with E-state index < -0.39 is 11.6 Å². The average molecular weight is 311 g/mol. The molecule has 1 fully saturated rings. The summed E-state index contributed by atoms with van der Waals surface area (Å²) in [4.78, 5) is 16.2. The van der Waals surface area contributed by atoms with Gasteiger partial charge in [0.25, 0.3) is 0 Å². The van der Waals surface area contributed by atoms with E-state index in [0.717, 1.165) is 51.0 Å². The number of nitrogens with zero attached hydrogens (tertiary/aromatic N) is 2. The minimum atomic E-state index is -0.764. The molecule has 1 heterocycles. The Labute approximate surface area is 130 Å². The Morgan fingerprint density at radius 1 is 1.36 bits per heavy atom. The minimum absolute atomic E-state index is 0.00155. The molecular weight excluding hydrogens is 288 g/mol. The highest BCUT2D eigenvalue weighted by Crippen LogP contribution is 2.19. The zero-order valence-corrected chi connectivity index (χ0v) is 13.1. The summed E-state index contributed by atoms with van der Waals surface area (Å²) >= 11 is 0. The maximum atomic E-state index is 13.6. The van der Waals surface area contributed by atoms with Crippen molar-refractivity contribution in [3.63, 3.8) is 0 Å². The summed E-state index contributed by atoms with van der Waals surface area (Å²) in [6.07, 6.45) is 2.95. The third-order valence-corrected chi connectivity index (χ3v) is 4.14. The first-order chi connectivity index (χ1) is 10.5. The summed E-state index contributed by atoms with van der Waals surface area (Å²) in [7, 11) is 1.72. The molecule has 0 bridgehead atoms. The number of piperidine rings is 1. The first-order valence-electron chi connectivity index (χ1n) is 7.72. The zero-order valence-electron chi connectivity index (χ0n) is 13.1. The smallest absolute Gasteiger partial charge is 0.321 e. The number of halogens is 2. The number of urea groups is 1. The van der Waals surface area contributed by atoms with Crippen molar-refractivity contribution < 1.29 is 13.6 Å². The fourth-order valence-corrected chi connectivity index (χ4v) is 2.81. The van der Waals surface area contributed by atoms with E-state index in [2.05, 4.69) is 17.1 Å². The molecule has 1 aromatic rings. The molecule has 0 atom stereocenters. The lowest BCUT2D eigenvalue weighted by atomic mass is 10.0. The Morgan fingerprint density at radius 3 is 2.64 bits per heavy atom. The Morgan fingerprint density at radius 2 is 2.05 bits per heavy atom. The molecule has 2 amide bonds. The summed E-state index contributed by atoms with van der Waals surface area (Å²) in [5, 5.41) is 2.50. The highest BCUT2D eigenvalue weighted by Gasteiger charge is 2.25. The van der Waals surface area contributed by atoms with E-state index in [-0.39, 0.29) is 17.8 Å². The summed E-state index contributed by atoms with van der Waals surface area (Å²) in [6.45, 7) is 5.19. The number of carbonyl (C=O) groups excluding carboxylic acids is 1. The van der Waals surface area contributed by atoms with Crippen molar-refractivity contribution in [1.29, 1.82) is 0 Å². The highest BCUT2D eigenvalue weighted by molar-refractivity contribution is 5.89. The first kappa shape index (κ1) is 16.7. The van der Waals surface area contributed by atoms with Crippen molar-refractivity contribution in [2.75, 3.05) is 32.0 Å². The van der Waals surface area contributed by atoms with Crippen molar-refractivity contribution in [2.45, 2.75) is 32.2 Å². The number of anilines is 1. The van der Waals surface area contributed by atoms with Gasteiger partial charge in [0, 0.05) is 32.2 Å². The molecule has 0 aromatic heterocycles. The fraction of sp³-hybridized carbons (Fsp3) is 0.562. The molecule has 122 valence electrons. The molecule has 4 nitrogen and oxygen atoms in total. The van der Waals surface area contributed by atoms with Gasteiger partial charge in [0.2, 0.25) is 0 Å². The van der Waals surface area contributed by atoms with Gasteiger partial charge in [0.15, 0.2) is 0 Å². The molecule has 0 spiro atoms. The number of amides is 2. The van der Waals surface area contributed by atoms with Crippen molar-refractivity contribution >= 4 is 11.7 Å². The third kappa shape index (κ3) is 4.16. The lowest BCUT2D eigenvalue weighted by molar-refractivity contribution is 0.141. The van der Waals surface area contributed by atoms with Crippen molar-refractivity contribution in [3.8, 4) is 0 Å². The van der Waals surface area contributed by atoms with Crippen LogP contribution < -0.4 is 5.32 Å². The highest BCUT2D eigenvalue weighted by atomic mass is 19.1. The zero-order chi connectivity index (χ0) is 16.1. The molecule has 0 unspecified atom stereocenters. The molecular formula is C16H23F2N3O. The number of hydrogen-bond donors (Lipinski definition) is 1. The van der Waals surface area contributed by atoms with Crippen LogP contribution in [0.3, 0.4) is 0 Å². The Balaban J connectivity index is 1.90. The summed E-state index contributed by atoms with van der Waals surface area (Å²) in [5.41, 5.74) is 0.00155. The molecule has 22 heavy (non-hydrogen) atoms. The molecule has 0 saturated carbocycles. The van der Waals surface area contributed by atoms with Gasteiger partial charge < -0.3 is 15.1 Å². The number of carbonyl (C=O) groups is 1. The van der Waals surface area contributed by atoms with Crippen LogP contribution in [-0.2, 0) is 0 Å². The Kier molecular flexibility index (Phi) is 5.71. The number of likely N-dealkylation sites (tertiary alicyclic amines) is 1. The van der Waals surface area contributed by atoms with Crippen LogP contribution in [0.2, 0.25) is 0 Å². The van der Waals surface area contributed by atoms with Gasteiger partial charge in [0.05, 0.1) is 5.69 Å². The van der Waals surface area contributed by atoms with Gasteiger partial charge in [-0.05, 0) is 37.9 Å². The van der Waals surface area contributed by atoms with Gasteiger partial charge in [-0.25, -0.2) is 13.6 Å². The monoisotopic (exact) mass is 311 g/mol. The van der Waals surface area contributed by atoms with E-state index in [1.807, 2.05) is 0 Å². The van der Waals surface area contributed by atoms with Gasteiger partial charge in [-0.3, -0.25) is 0 Å². The lowest BCUT2D eigenvalue weighted by Crippen LogP contribution is -2.47. The quantitative estimate of drug-likeness (QED) is 0.926. The number of benzene rings is 1. The van der Waals surface area contributed by atoms with E-state index in [9.17, 15) is 13.6 Å². The van der Waals surface area contributed by atoms with Crippen LogP contribution >= 0.6 is 0 Å². The summed E-state index contributed by atoms with van der Waals surface area (Å²) < 4.78 is 26.4. The van der Waals surface area contributed by atoms with Gasteiger partial charge in [-0.15, -0.1) is 0 Å². The van der Waals surface area contributed by atoms with Crippen LogP contribution in [0.25, 0.3) is 0 Å². The molecule has 1 N–H and O–H groups in total. The number of nitrogens with one attached hydrogen (secondary N) is 1. The van der Waals surface area contributed by atoms with Crippen LogP contribution in [-0.4, -0.2) is 48.6 Å². The van der Waals surface area contributed by atoms with Crippen LogP contribution in [0.1, 0.15) is 26.2 Å². The van der Waals surface area contributed by atoms with Crippen LogP contribution in [0.5, 0.6) is 0 Å². The summed E-state index contributed by atoms with van der Waals surface area (Å²) in [6, 6.07) is 2.91. The van der Waals surface area contributed by atoms with Crippen LogP contribution in [0.15, 0.2) is 18.2 Å². The van der Waals surface area contributed by atoms with E-state index >= 15 is 0 Å². The van der Waals surface area contributed by atoms with Crippen molar-refractivity contribution in [1.82, 2.24) is 9.80 Å². The first-order valence-corrected chi connectivity index (χ1v) is 7.72. The maximum Gasteiger partial charge on any atom is 0.321 e. The van der Waals surface area contributed by atoms with E-state index in [1.165, 1.54) is 6.07 Å². The minimum Gasteiger partial charge on any atom is -0.325 e. The molecule has 6 heteroatoms. The second kappa shape index (κ2) is 7.54. The predicted octanol–water partition coefficient (Wildman–Crippen LogP) is 3.30. The van der Waals surface area contributed by atoms with E-state index in [4.69, 9.17) is 0 Å². The molecule has 1 aliphatic rings. The second-order valence-corrected chi connectivity index (χ2v) is 5.74. The van der Waals surface area contributed by atoms with Crippen LogP contribution in [0.4, 0.5) is 19.3 Å². The molecule has 1 aromatic carbocycles. The van der Waals surface area contributed by atoms with Crippen molar-refractivity contribution in [2.24, 2.45) is 0 Å². The van der Waals surface area contributed by atoms with Gasteiger partial charge in [-0.1, -0.05) is 6.92 Å². The normalized spacial score (nSPS) is 16.5. The van der Waals surface area contributed by atoms with E-state index in [1.54, 1.807) is 11.9 Å². The van der Waals surface area contributed by atoms with Crippen molar-refractivity contribution in [3.05, 3.63) is 29.8 Å². The molecule has 0 aliphatic carbocycles. The second-order valence-electron chi connectivity index (χ2n) is 5.74. The van der Waals surface area contributed by atoms with E-state index in [0.29, 0.717) is 0 Å². The Hall–Kier alpha value is -1.69. The maximum absolute atomic E-state index is 13.6.